The highest BCUT2D eigenvalue weighted by Gasteiger charge is 2.08. The number of aliphatic hydroxyl groups is 1. The lowest BCUT2D eigenvalue weighted by atomic mass is 10.2. The zero-order valence-corrected chi connectivity index (χ0v) is 9.82. The quantitative estimate of drug-likeness (QED) is 0.754. The van der Waals surface area contributed by atoms with Crippen molar-refractivity contribution in [2.24, 2.45) is 0 Å². The second kappa shape index (κ2) is 5.75. The normalized spacial score (nSPS) is 11.0. The molecule has 86 valence electrons. The number of nitrogens with zero attached hydrogens (tertiary/aromatic N) is 2. The van der Waals surface area contributed by atoms with Crippen LogP contribution in [-0.2, 0) is 6.54 Å². The van der Waals surface area contributed by atoms with Crippen LogP contribution in [0.2, 0.25) is 0 Å². The minimum atomic E-state index is 0.124. The van der Waals surface area contributed by atoms with Crippen LogP contribution in [0.1, 0.15) is 32.4 Å². The summed E-state index contributed by atoms with van der Waals surface area (Å²) in [5, 5.41) is 16.7. The average Bonchev–Trinajstić information content (AvgIpc) is 2.56. The molecule has 2 N–H and O–H groups in total. The topological polar surface area (TPSA) is 50.1 Å². The molecule has 0 aliphatic heterocycles. The predicted octanol–water partition coefficient (Wildman–Crippen LogP) is 1.78. The second-order valence-electron chi connectivity index (χ2n) is 3.78. The Labute approximate surface area is 91.3 Å². The zero-order chi connectivity index (χ0) is 11.3. The summed E-state index contributed by atoms with van der Waals surface area (Å²) in [4.78, 5) is 0. The molecule has 0 saturated carbocycles. The molecule has 0 spiro atoms. The van der Waals surface area contributed by atoms with E-state index in [-0.39, 0.29) is 6.61 Å². The van der Waals surface area contributed by atoms with E-state index in [4.69, 9.17) is 5.11 Å². The molecule has 0 fully saturated rings. The van der Waals surface area contributed by atoms with Crippen molar-refractivity contribution in [3.8, 4) is 0 Å². The van der Waals surface area contributed by atoms with Crippen molar-refractivity contribution in [3.05, 3.63) is 11.8 Å². The van der Waals surface area contributed by atoms with E-state index in [1.54, 1.807) is 0 Å². The summed E-state index contributed by atoms with van der Waals surface area (Å²) < 4.78 is 1.83. The maximum Gasteiger partial charge on any atom is 0.124 e. The van der Waals surface area contributed by atoms with Crippen molar-refractivity contribution in [1.82, 2.24) is 9.78 Å². The Balaban J connectivity index is 2.73. The maximum absolute atomic E-state index is 8.91. The number of aliphatic hydroxyl groups excluding tert-OH is 1. The number of aryl methyl sites for hydroxylation is 1. The predicted molar refractivity (Wildman–Crippen MR) is 62.0 cm³/mol. The molecule has 1 rings (SSSR count). The van der Waals surface area contributed by atoms with Gasteiger partial charge in [0.2, 0.25) is 0 Å². The van der Waals surface area contributed by atoms with Crippen LogP contribution in [0.5, 0.6) is 0 Å². The highest BCUT2D eigenvalue weighted by atomic mass is 16.3. The average molecular weight is 211 g/mol. The third-order valence-corrected chi connectivity index (χ3v) is 2.55. The van der Waals surface area contributed by atoms with Gasteiger partial charge < -0.3 is 10.4 Å². The van der Waals surface area contributed by atoms with Crippen LogP contribution < -0.4 is 5.32 Å². The van der Waals surface area contributed by atoms with Gasteiger partial charge in [0.05, 0.1) is 18.8 Å². The van der Waals surface area contributed by atoms with Crippen LogP contribution in [0, 0.1) is 6.92 Å². The Morgan fingerprint density at radius 2 is 2.13 bits per heavy atom. The Morgan fingerprint density at radius 3 is 2.67 bits per heavy atom. The molecule has 0 aliphatic carbocycles. The number of rotatable bonds is 6. The van der Waals surface area contributed by atoms with E-state index in [2.05, 4.69) is 24.3 Å². The Hall–Kier alpha value is -1.03. The standard InChI is InChI=1S/C11H21N3O/c1-4-10(5-2)12-11-8-9(3)13-14(11)6-7-15/h8,10,12,15H,4-7H2,1-3H3. The summed E-state index contributed by atoms with van der Waals surface area (Å²) in [6.07, 6.45) is 2.19. The summed E-state index contributed by atoms with van der Waals surface area (Å²) in [6.45, 7) is 6.97. The van der Waals surface area contributed by atoms with Gasteiger partial charge in [0.25, 0.3) is 0 Å². The summed E-state index contributed by atoms with van der Waals surface area (Å²) in [5.74, 6) is 1.01. The molecular formula is C11H21N3O. The van der Waals surface area contributed by atoms with E-state index in [0.29, 0.717) is 12.6 Å². The molecule has 0 bridgehead atoms. The summed E-state index contributed by atoms with van der Waals surface area (Å²) >= 11 is 0. The Kier molecular flexibility index (Phi) is 4.62. The lowest BCUT2D eigenvalue weighted by Crippen LogP contribution is -2.20. The fourth-order valence-corrected chi connectivity index (χ4v) is 1.63. The first-order valence-corrected chi connectivity index (χ1v) is 5.63. The number of hydrogen-bond donors (Lipinski definition) is 2. The monoisotopic (exact) mass is 211 g/mol. The minimum Gasteiger partial charge on any atom is -0.394 e. The highest BCUT2D eigenvalue weighted by molar-refractivity contribution is 5.37. The smallest absolute Gasteiger partial charge is 0.124 e. The number of anilines is 1. The van der Waals surface area contributed by atoms with Crippen molar-refractivity contribution < 1.29 is 5.11 Å². The van der Waals surface area contributed by atoms with Crippen LogP contribution >= 0.6 is 0 Å². The lowest BCUT2D eigenvalue weighted by molar-refractivity contribution is 0.270. The molecular weight excluding hydrogens is 190 g/mol. The molecule has 0 saturated heterocycles. The van der Waals surface area contributed by atoms with E-state index in [9.17, 15) is 0 Å². The first-order chi connectivity index (χ1) is 7.21. The van der Waals surface area contributed by atoms with E-state index in [1.165, 1.54) is 0 Å². The number of nitrogens with one attached hydrogen (secondary N) is 1. The first-order valence-electron chi connectivity index (χ1n) is 5.63. The molecule has 15 heavy (non-hydrogen) atoms. The molecule has 1 heterocycles. The molecule has 0 radical (unpaired) electrons. The highest BCUT2D eigenvalue weighted by Crippen LogP contribution is 2.13. The van der Waals surface area contributed by atoms with Gasteiger partial charge in [0.15, 0.2) is 0 Å². The first kappa shape index (κ1) is 12.0. The lowest BCUT2D eigenvalue weighted by Gasteiger charge is -2.16. The molecule has 0 unspecified atom stereocenters. The molecule has 0 atom stereocenters. The molecule has 0 amide bonds. The minimum absolute atomic E-state index is 0.124. The SMILES string of the molecule is CCC(CC)Nc1cc(C)nn1CCO. The van der Waals surface area contributed by atoms with Crippen molar-refractivity contribution in [3.63, 3.8) is 0 Å². The van der Waals surface area contributed by atoms with E-state index in [1.807, 2.05) is 17.7 Å². The van der Waals surface area contributed by atoms with E-state index < -0.39 is 0 Å². The molecule has 1 aromatic rings. The van der Waals surface area contributed by atoms with Crippen LogP contribution in [0.3, 0.4) is 0 Å². The van der Waals surface area contributed by atoms with Gasteiger partial charge in [0.1, 0.15) is 5.82 Å². The van der Waals surface area contributed by atoms with E-state index >= 15 is 0 Å². The molecule has 4 heteroatoms. The molecule has 1 aromatic heterocycles. The third-order valence-electron chi connectivity index (χ3n) is 2.55. The van der Waals surface area contributed by atoms with Gasteiger partial charge in [-0.05, 0) is 19.8 Å². The molecule has 0 aromatic carbocycles. The van der Waals surface area contributed by atoms with Gasteiger partial charge in [-0.2, -0.15) is 5.10 Å². The van der Waals surface area contributed by atoms with E-state index in [0.717, 1.165) is 24.4 Å². The summed E-state index contributed by atoms with van der Waals surface area (Å²) in [6, 6.07) is 2.51. The van der Waals surface area contributed by atoms with Crippen LogP contribution in [0.4, 0.5) is 5.82 Å². The van der Waals surface area contributed by atoms with Crippen molar-refractivity contribution in [2.75, 3.05) is 11.9 Å². The van der Waals surface area contributed by atoms with Crippen LogP contribution in [-0.4, -0.2) is 27.5 Å². The van der Waals surface area contributed by atoms with Crippen molar-refractivity contribution in [2.45, 2.75) is 46.2 Å². The fourth-order valence-electron chi connectivity index (χ4n) is 1.63. The largest absolute Gasteiger partial charge is 0.394 e. The van der Waals surface area contributed by atoms with Gasteiger partial charge in [-0.15, -0.1) is 0 Å². The van der Waals surface area contributed by atoms with Crippen molar-refractivity contribution >= 4 is 5.82 Å². The van der Waals surface area contributed by atoms with Gasteiger partial charge >= 0.3 is 0 Å². The third kappa shape index (κ3) is 3.23. The van der Waals surface area contributed by atoms with Crippen LogP contribution in [0.25, 0.3) is 0 Å². The van der Waals surface area contributed by atoms with Gasteiger partial charge in [-0.25, -0.2) is 4.68 Å². The fraction of sp³-hybridized carbons (Fsp3) is 0.727. The summed E-state index contributed by atoms with van der Waals surface area (Å²) in [5.41, 5.74) is 0.983. The van der Waals surface area contributed by atoms with Crippen molar-refractivity contribution in [1.29, 1.82) is 0 Å². The number of hydrogen-bond acceptors (Lipinski definition) is 3. The molecule has 4 nitrogen and oxygen atoms in total. The van der Waals surface area contributed by atoms with Gasteiger partial charge in [0, 0.05) is 12.1 Å². The number of aromatic nitrogens is 2. The zero-order valence-electron chi connectivity index (χ0n) is 9.82. The second-order valence-corrected chi connectivity index (χ2v) is 3.78. The van der Waals surface area contributed by atoms with Crippen LogP contribution in [0.15, 0.2) is 6.07 Å². The Bertz CT molecular complexity index is 292. The van der Waals surface area contributed by atoms with Gasteiger partial charge in [-0.3, -0.25) is 0 Å². The molecule has 0 aliphatic rings. The Morgan fingerprint density at radius 1 is 1.47 bits per heavy atom. The van der Waals surface area contributed by atoms with Gasteiger partial charge in [-0.1, -0.05) is 13.8 Å². The summed E-state index contributed by atoms with van der Waals surface area (Å²) in [7, 11) is 0. The maximum atomic E-state index is 8.91.